The average molecular weight is 370 g/mol. The molecule has 1 aromatic carbocycles. The van der Waals surface area contributed by atoms with Gasteiger partial charge in [-0.3, -0.25) is 9.59 Å². The van der Waals surface area contributed by atoms with E-state index in [1.165, 1.54) is 11.3 Å². The van der Waals surface area contributed by atoms with Crippen LogP contribution in [0.5, 0.6) is 0 Å². The number of nitrogens with one attached hydrogen (secondary N) is 2. The molecule has 2 heterocycles. The summed E-state index contributed by atoms with van der Waals surface area (Å²) in [5.74, 6) is -0.0566. The number of hydrogen-bond acceptors (Lipinski definition) is 4. The number of nitrogens with zero attached hydrogens (tertiary/aromatic N) is 2. The van der Waals surface area contributed by atoms with E-state index in [1.54, 1.807) is 6.07 Å². The number of aromatic nitrogens is 2. The Morgan fingerprint density at radius 3 is 2.73 bits per heavy atom. The minimum Gasteiger partial charge on any atom is -0.356 e. The largest absolute Gasteiger partial charge is 0.356 e. The molecule has 0 bridgehead atoms. The van der Waals surface area contributed by atoms with Gasteiger partial charge in [0.05, 0.1) is 22.2 Å². The molecule has 0 saturated carbocycles. The lowest BCUT2D eigenvalue weighted by molar-refractivity contribution is -0.121. The van der Waals surface area contributed by atoms with Crippen molar-refractivity contribution in [3.63, 3.8) is 0 Å². The summed E-state index contributed by atoms with van der Waals surface area (Å²) >= 11 is 1.41. The van der Waals surface area contributed by atoms with Gasteiger partial charge in [-0.1, -0.05) is 18.2 Å². The van der Waals surface area contributed by atoms with Gasteiger partial charge in [-0.2, -0.15) is 0 Å². The molecule has 0 radical (unpaired) electrons. The van der Waals surface area contributed by atoms with E-state index >= 15 is 0 Å². The number of imidazole rings is 1. The topological polar surface area (TPSA) is 76.0 Å². The Kier molecular flexibility index (Phi) is 6.38. The number of carbonyl (C=O) groups is 2. The van der Waals surface area contributed by atoms with Gasteiger partial charge in [0.2, 0.25) is 5.91 Å². The van der Waals surface area contributed by atoms with Crippen molar-refractivity contribution in [1.82, 2.24) is 20.2 Å². The Labute approximate surface area is 156 Å². The van der Waals surface area contributed by atoms with Gasteiger partial charge in [-0.25, -0.2) is 4.98 Å². The first kappa shape index (κ1) is 18.1. The molecule has 3 rings (SSSR count). The second kappa shape index (κ2) is 9.15. The molecular formula is C19H22N4O2S. The maximum Gasteiger partial charge on any atom is 0.261 e. The van der Waals surface area contributed by atoms with Crippen LogP contribution < -0.4 is 10.6 Å². The number of rotatable bonds is 9. The Morgan fingerprint density at radius 2 is 1.88 bits per heavy atom. The third kappa shape index (κ3) is 4.92. The highest BCUT2D eigenvalue weighted by atomic mass is 32.1. The predicted molar refractivity (Wildman–Crippen MR) is 103 cm³/mol. The zero-order valence-corrected chi connectivity index (χ0v) is 15.3. The van der Waals surface area contributed by atoms with Crippen LogP contribution in [0.15, 0.2) is 48.1 Å². The molecular weight excluding hydrogens is 348 g/mol. The first-order valence-electron chi connectivity index (χ1n) is 8.72. The molecule has 0 atom stereocenters. The quantitative estimate of drug-likeness (QED) is 0.569. The molecule has 0 aliphatic rings. The van der Waals surface area contributed by atoms with Crippen molar-refractivity contribution in [2.24, 2.45) is 0 Å². The van der Waals surface area contributed by atoms with Gasteiger partial charge >= 0.3 is 0 Å². The Hall–Kier alpha value is -2.67. The van der Waals surface area contributed by atoms with Crippen LogP contribution in [0.2, 0.25) is 0 Å². The summed E-state index contributed by atoms with van der Waals surface area (Å²) < 4.78 is 2.10. The maximum atomic E-state index is 11.8. The summed E-state index contributed by atoms with van der Waals surface area (Å²) in [6.07, 6.45) is 3.73. The molecule has 2 N–H and O–H groups in total. The Bertz CT molecular complexity index is 857. The van der Waals surface area contributed by atoms with E-state index in [2.05, 4.69) is 20.2 Å². The van der Waals surface area contributed by atoms with E-state index in [0.717, 1.165) is 24.0 Å². The van der Waals surface area contributed by atoms with Crippen molar-refractivity contribution >= 4 is 34.2 Å². The van der Waals surface area contributed by atoms with E-state index in [9.17, 15) is 9.59 Å². The van der Waals surface area contributed by atoms with Gasteiger partial charge in [0.25, 0.3) is 5.91 Å². The van der Waals surface area contributed by atoms with Crippen molar-refractivity contribution in [3.8, 4) is 0 Å². The second-order valence-electron chi connectivity index (χ2n) is 5.97. The third-order valence-electron chi connectivity index (χ3n) is 4.04. The van der Waals surface area contributed by atoms with Gasteiger partial charge in [0.1, 0.15) is 0 Å². The minimum absolute atomic E-state index is 0.0193. The van der Waals surface area contributed by atoms with Crippen LogP contribution in [0.25, 0.3) is 11.0 Å². The molecule has 0 unspecified atom stereocenters. The van der Waals surface area contributed by atoms with Crippen LogP contribution in [-0.4, -0.2) is 34.5 Å². The molecule has 0 saturated heterocycles. The normalized spacial score (nSPS) is 10.8. The van der Waals surface area contributed by atoms with E-state index in [4.69, 9.17) is 0 Å². The van der Waals surface area contributed by atoms with Crippen LogP contribution in [0, 0.1) is 0 Å². The van der Waals surface area contributed by atoms with Crippen molar-refractivity contribution in [2.45, 2.75) is 25.8 Å². The van der Waals surface area contributed by atoms with Crippen LogP contribution in [-0.2, 0) is 11.3 Å². The fraction of sp³-hybridized carbons (Fsp3) is 0.316. The smallest absolute Gasteiger partial charge is 0.261 e. The van der Waals surface area contributed by atoms with Crippen LogP contribution in [0.4, 0.5) is 0 Å². The van der Waals surface area contributed by atoms with Crippen molar-refractivity contribution < 1.29 is 9.59 Å². The first-order chi connectivity index (χ1) is 12.7. The Morgan fingerprint density at radius 1 is 1.04 bits per heavy atom. The van der Waals surface area contributed by atoms with Crippen LogP contribution in [0.3, 0.4) is 0 Å². The number of thiophene rings is 1. The lowest BCUT2D eigenvalue weighted by Crippen LogP contribution is -2.28. The van der Waals surface area contributed by atoms with Gasteiger partial charge in [0.15, 0.2) is 0 Å². The molecule has 0 fully saturated rings. The molecule has 0 aliphatic heterocycles. The molecule has 26 heavy (non-hydrogen) atoms. The summed E-state index contributed by atoms with van der Waals surface area (Å²) in [5, 5.41) is 7.62. The highest BCUT2D eigenvalue weighted by molar-refractivity contribution is 7.12. The van der Waals surface area contributed by atoms with Crippen molar-refractivity contribution in [3.05, 3.63) is 53.0 Å². The highest BCUT2D eigenvalue weighted by Gasteiger charge is 2.06. The molecule has 7 heteroatoms. The number of aryl methyl sites for hydroxylation is 1. The average Bonchev–Trinajstić information content (AvgIpc) is 3.32. The molecule has 3 aromatic rings. The van der Waals surface area contributed by atoms with Gasteiger partial charge in [-0.15, -0.1) is 11.3 Å². The van der Waals surface area contributed by atoms with Crippen molar-refractivity contribution in [1.29, 1.82) is 0 Å². The first-order valence-corrected chi connectivity index (χ1v) is 9.60. The number of fused-ring (bicyclic) bond motifs is 1. The summed E-state index contributed by atoms with van der Waals surface area (Å²) in [6, 6.07) is 11.6. The molecule has 0 aliphatic carbocycles. The monoisotopic (exact) mass is 370 g/mol. The standard InChI is InChI=1S/C19H22N4O2S/c24-18(9-3-10-21-19(25)17-8-4-13-26-17)20-11-5-12-23-14-22-15-6-1-2-7-16(15)23/h1-2,4,6-8,13-14H,3,5,9-12H2,(H,20,24)(H,21,25). The zero-order valence-electron chi connectivity index (χ0n) is 14.5. The molecule has 0 spiro atoms. The SMILES string of the molecule is O=C(CCCNC(=O)c1cccs1)NCCCn1cnc2ccccc21. The Balaban J connectivity index is 1.28. The number of amides is 2. The lowest BCUT2D eigenvalue weighted by Gasteiger charge is -2.07. The number of hydrogen-bond donors (Lipinski definition) is 2. The van der Waals surface area contributed by atoms with E-state index in [0.29, 0.717) is 30.8 Å². The minimum atomic E-state index is -0.0760. The van der Waals surface area contributed by atoms with Crippen LogP contribution in [0.1, 0.15) is 28.9 Å². The zero-order chi connectivity index (χ0) is 18.2. The molecule has 2 aromatic heterocycles. The second-order valence-corrected chi connectivity index (χ2v) is 6.91. The lowest BCUT2D eigenvalue weighted by atomic mass is 10.3. The third-order valence-corrected chi connectivity index (χ3v) is 4.91. The number of carbonyl (C=O) groups excluding carboxylic acids is 2. The molecule has 136 valence electrons. The van der Waals surface area contributed by atoms with Gasteiger partial charge in [-0.05, 0) is 36.4 Å². The fourth-order valence-electron chi connectivity index (χ4n) is 2.70. The van der Waals surface area contributed by atoms with Crippen molar-refractivity contribution in [2.75, 3.05) is 13.1 Å². The van der Waals surface area contributed by atoms with E-state index in [1.807, 2.05) is 42.0 Å². The van der Waals surface area contributed by atoms with Gasteiger partial charge < -0.3 is 15.2 Å². The van der Waals surface area contributed by atoms with Gasteiger partial charge in [0, 0.05) is 26.1 Å². The molecule has 2 amide bonds. The summed E-state index contributed by atoms with van der Waals surface area (Å²) in [7, 11) is 0. The summed E-state index contributed by atoms with van der Waals surface area (Å²) in [4.78, 5) is 28.7. The highest BCUT2D eigenvalue weighted by Crippen LogP contribution is 2.12. The van der Waals surface area contributed by atoms with E-state index < -0.39 is 0 Å². The summed E-state index contributed by atoms with van der Waals surface area (Å²) in [5.41, 5.74) is 2.10. The maximum absolute atomic E-state index is 11.8. The fourth-order valence-corrected chi connectivity index (χ4v) is 3.34. The van der Waals surface area contributed by atoms with Crippen LogP contribution >= 0.6 is 11.3 Å². The predicted octanol–water partition coefficient (Wildman–Crippen LogP) is 2.81. The number of benzene rings is 1. The van der Waals surface area contributed by atoms with E-state index in [-0.39, 0.29) is 11.8 Å². The summed E-state index contributed by atoms with van der Waals surface area (Å²) in [6.45, 7) is 1.95. The molecule has 6 nitrogen and oxygen atoms in total. The number of para-hydroxylation sites is 2.